The van der Waals surface area contributed by atoms with Gasteiger partial charge in [-0.1, -0.05) is 24.3 Å². The summed E-state index contributed by atoms with van der Waals surface area (Å²) in [7, 11) is 1.87. The van der Waals surface area contributed by atoms with Crippen molar-refractivity contribution in [2.75, 3.05) is 13.6 Å². The standard InChI is InChI=1S/C23H28N2O3/c1-14-6-4-5-7-21(14)28-17-9-8-16-10-11-25-20(18(16)12-17)13-19(24-3)22(15(2)26)23(25)27/h4-9,12,15,19-20,22,24,26H,10-11,13H2,1-3H3/t15-,19-,20-,22-/m0/s1. The number of fused-ring (bicyclic) bond motifs is 3. The molecule has 2 aliphatic heterocycles. The van der Waals surface area contributed by atoms with E-state index in [0.717, 1.165) is 35.5 Å². The van der Waals surface area contributed by atoms with Crippen molar-refractivity contribution in [2.45, 2.75) is 44.9 Å². The summed E-state index contributed by atoms with van der Waals surface area (Å²) in [6.45, 7) is 4.44. The van der Waals surface area contributed by atoms with Crippen molar-refractivity contribution in [3.05, 3.63) is 59.2 Å². The molecule has 2 N–H and O–H groups in total. The summed E-state index contributed by atoms with van der Waals surface area (Å²) < 4.78 is 6.14. The highest BCUT2D eigenvalue weighted by atomic mass is 16.5. The van der Waals surface area contributed by atoms with E-state index in [-0.39, 0.29) is 18.0 Å². The number of amides is 1. The number of nitrogens with zero attached hydrogens (tertiary/aromatic N) is 1. The topological polar surface area (TPSA) is 61.8 Å². The van der Waals surface area contributed by atoms with Crippen molar-refractivity contribution in [3.63, 3.8) is 0 Å². The molecular weight excluding hydrogens is 352 g/mol. The Morgan fingerprint density at radius 2 is 2.04 bits per heavy atom. The summed E-state index contributed by atoms with van der Waals surface area (Å²) >= 11 is 0. The third kappa shape index (κ3) is 3.29. The maximum Gasteiger partial charge on any atom is 0.230 e. The lowest BCUT2D eigenvalue weighted by molar-refractivity contribution is -0.148. The number of hydrogen-bond acceptors (Lipinski definition) is 4. The van der Waals surface area contributed by atoms with Crippen LogP contribution in [-0.2, 0) is 11.2 Å². The third-order valence-electron chi connectivity index (χ3n) is 6.17. The molecule has 5 heteroatoms. The zero-order valence-corrected chi connectivity index (χ0v) is 16.7. The van der Waals surface area contributed by atoms with Gasteiger partial charge in [0.25, 0.3) is 0 Å². The van der Waals surface area contributed by atoms with Crippen molar-refractivity contribution in [1.29, 1.82) is 0 Å². The molecule has 2 aliphatic rings. The largest absolute Gasteiger partial charge is 0.457 e. The Morgan fingerprint density at radius 1 is 1.25 bits per heavy atom. The van der Waals surface area contributed by atoms with Gasteiger partial charge in [0.15, 0.2) is 0 Å². The minimum atomic E-state index is -0.664. The second-order valence-corrected chi connectivity index (χ2v) is 7.92. The van der Waals surface area contributed by atoms with Crippen LogP contribution in [0.1, 0.15) is 36.1 Å². The van der Waals surface area contributed by atoms with E-state index in [2.05, 4.69) is 17.4 Å². The number of piperidine rings is 1. The van der Waals surface area contributed by atoms with Gasteiger partial charge in [-0.3, -0.25) is 4.79 Å². The molecule has 2 aromatic rings. The van der Waals surface area contributed by atoms with Crippen molar-refractivity contribution in [3.8, 4) is 11.5 Å². The molecule has 5 nitrogen and oxygen atoms in total. The number of ether oxygens (including phenoxy) is 1. The Kier molecular flexibility index (Phi) is 5.13. The van der Waals surface area contributed by atoms with E-state index in [1.165, 1.54) is 5.56 Å². The maximum atomic E-state index is 13.1. The number of carbonyl (C=O) groups excluding carboxylic acids is 1. The summed E-state index contributed by atoms with van der Waals surface area (Å²) in [5.41, 5.74) is 3.52. The Balaban J connectivity index is 1.66. The number of rotatable bonds is 4. The molecule has 0 aliphatic carbocycles. The first-order valence-electron chi connectivity index (χ1n) is 10.0. The number of nitrogens with one attached hydrogen (secondary N) is 1. The zero-order valence-electron chi connectivity index (χ0n) is 16.7. The minimum absolute atomic E-state index is 0.0177. The van der Waals surface area contributed by atoms with E-state index in [1.807, 2.05) is 49.2 Å². The number of hydrogen-bond donors (Lipinski definition) is 2. The molecular formula is C23H28N2O3. The predicted molar refractivity (Wildman–Crippen MR) is 108 cm³/mol. The van der Waals surface area contributed by atoms with Gasteiger partial charge in [0.05, 0.1) is 18.1 Å². The van der Waals surface area contributed by atoms with Gasteiger partial charge in [-0.15, -0.1) is 0 Å². The molecule has 4 atom stereocenters. The molecule has 148 valence electrons. The van der Waals surface area contributed by atoms with Crippen LogP contribution in [0.2, 0.25) is 0 Å². The first-order chi connectivity index (χ1) is 13.5. The molecule has 1 amide bonds. The summed E-state index contributed by atoms with van der Waals surface area (Å²) in [5, 5.41) is 13.4. The summed E-state index contributed by atoms with van der Waals surface area (Å²) in [4.78, 5) is 15.0. The second-order valence-electron chi connectivity index (χ2n) is 7.92. The van der Waals surface area contributed by atoms with Crippen molar-refractivity contribution >= 4 is 5.91 Å². The van der Waals surface area contributed by atoms with E-state index in [0.29, 0.717) is 6.54 Å². The number of aliphatic hydroxyl groups is 1. The normalized spacial score (nSPS) is 25.1. The van der Waals surface area contributed by atoms with Crippen LogP contribution in [0, 0.1) is 12.8 Å². The minimum Gasteiger partial charge on any atom is -0.457 e. The lowest BCUT2D eigenvalue weighted by Gasteiger charge is -2.47. The molecule has 0 unspecified atom stereocenters. The molecule has 0 saturated carbocycles. The Bertz CT molecular complexity index is 880. The van der Waals surface area contributed by atoms with Crippen LogP contribution in [0.3, 0.4) is 0 Å². The van der Waals surface area contributed by atoms with Gasteiger partial charge >= 0.3 is 0 Å². The smallest absolute Gasteiger partial charge is 0.230 e. The number of carbonyl (C=O) groups is 1. The number of para-hydroxylation sites is 1. The molecule has 2 aromatic carbocycles. The Morgan fingerprint density at radius 3 is 2.75 bits per heavy atom. The van der Waals surface area contributed by atoms with Gasteiger partial charge in [0.1, 0.15) is 11.5 Å². The SMILES string of the molecule is CN[C@H]1C[C@H]2c3cc(Oc4ccccc4C)ccc3CCN2C(=O)[C@H]1[C@H](C)O. The molecule has 0 radical (unpaired) electrons. The van der Waals surface area contributed by atoms with Crippen LogP contribution in [-0.4, -0.2) is 41.7 Å². The number of aryl methyl sites for hydroxylation is 1. The summed E-state index contributed by atoms with van der Waals surface area (Å²) in [6, 6.07) is 14.2. The fourth-order valence-corrected chi connectivity index (χ4v) is 4.65. The molecule has 0 spiro atoms. The second kappa shape index (κ2) is 7.57. The first kappa shape index (κ1) is 19.0. The average molecular weight is 380 g/mol. The average Bonchev–Trinajstić information content (AvgIpc) is 2.69. The van der Waals surface area contributed by atoms with E-state index in [4.69, 9.17) is 4.74 Å². The van der Waals surface area contributed by atoms with E-state index in [9.17, 15) is 9.90 Å². The highest BCUT2D eigenvalue weighted by Gasteiger charge is 2.45. The molecule has 0 aromatic heterocycles. The summed E-state index contributed by atoms with van der Waals surface area (Å²) in [5.74, 6) is 1.29. The van der Waals surface area contributed by atoms with Gasteiger partial charge in [0.2, 0.25) is 5.91 Å². The van der Waals surface area contributed by atoms with Gasteiger partial charge in [0, 0.05) is 12.6 Å². The van der Waals surface area contributed by atoms with E-state index >= 15 is 0 Å². The monoisotopic (exact) mass is 380 g/mol. The fraction of sp³-hybridized carbons (Fsp3) is 0.435. The molecule has 0 bridgehead atoms. The molecule has 28 heavy (non-hydrogen) atoms. The zero-order chi connectivity index (χ0) is 19.8. The lowest BCUT2D eigenvalue weighted by atomic mass is 9.78. The van der Waals surface area contributed by atoms with Crippen LogP contribution in [0.25, 0.3) is 0 Å². The van der Waals surface area contributed by atoms with Crippen molar-refractivity contribution in [2.24, 2.45) is 5.92 Å². The fourth-order valence-electron chi connectivity index (χ4n) is 4.65. The number of aliphatic hydroxyl groups excluding tert-OH is 1. The maximum absolute atomic E-state index is 13.1. The molecule has 2 heterocycles. The highest BCUT2D eigenvalue weighted by molar-refractivity contribution is 5.82. The highest BCUT2D eigenvalue weighted by Crippen LogP contribution is 2.41. The van der Waals surface area contributed by atoms with Crippen molar-refractivity contribution < 1.29 is 14.6 Å². The summed E-state index contributed by atoms with van der Waals surface area (Å²) in [6.07, 6.45) is 0.959. The van der Waals surface area contributed by atoms with Gasteiger partial charge < -0.3 is 20.1 Å². The molecule has 1 fully saturated rings. The van der Waals surface area contributed by atoms with Crippen LogP contribution in [0.5, 0.6) is 11.5 Å². The first-order valence-corrected chi connectivity index (χ1v) is 10.0. The Hall–Kier alpha value is -2.37. The van der Waals surface area contributed by atoms with Crippen LogP contribution >= 0.6 is 0 Å². The molecule has 4 rings (SSSR count). The number of benzene rings is 2. The van der Waals surface area contributed by atoms with Crippen molar-refractivity contribution in [1.82, 2.24) is 10.2 Å². The van der Waals surface area contributed by atoms with Crippen LogP contribution < -0.4 is 10.1 Å². The van der Waals surface area contributed by atoms with Gasteiger partial charge in [-0.2, -0.15) is 0 Å². The van der Waals surface area contributed by atoms with Gasteiger partial charge in [-0.05, 0) is 68.6 Å². The Labute approximate surface area is 166 Å². The molecule has 1 saturated heterocycles. The lowest BCUT2D eigenvalue weighted by Crippen LogP contribution is -2.58. The van der Waals surface area contributed by atoms with E-state index < -0.39 is 12.0 Å². The van der Waals surface area contributed by atoms with E-state index in [1.54, 1.807) is 6.92 Å². The quantitative estimate of drug-likeness (QED) is 0.855. The van der Waals surface area contributed by atoms with Crippen LogP contribution in [0.15, 0.2) is 42.5 Å². The third-order valence-corrected chi connectivity index (χ3v) is 6.17. The van der Waals surface area contributed by atoms with Gasteiger partial charge in [-0.25, -0.2) is 0 Å². The van der Waals surface area contributed by atoms with Crippen LogP contribution in [0.4, 0.5) is 0 Å². The predicted octanol–water partition coefficient (Wildman–Crippen LogP) is 3.20.